The third-order valence-electron chi connectivity index (χ3n) is 4.24. The highest BCUT2D eigenvalue weighted by atomic mass is 32.2. The van der Waals surface area contributed by atoms with Gasteiger partial charge in [-0.2, -0.15) is 5.26 Å². The molecule has 1 unspecified atom stereocenters. The minimum absolute atomic E-state index is 0.0187. The molecule has 118 valence electrons. The van der Waals surface area contributed by atoms with Crippen molar-refractivity contribution in [3.8, 4) is 6.07 Å². The summed E-state index contributed by atoms with van der Waals surface area (Å²) in [5.74, 6) is 0.667. The molecule has 24 heavy (non-hydrogen) atoms. The Bertz CT molecular complexity index is 964. The molecule has 0 radical (unpaired) electrons. The van der Waals surface area contributed by atoms with Crippen LogP contribution in [-0.4, -0.2) is 10.7 Å². The number of nitrogens with zero attached hydrogens (tertiary/aromatic N) is 2. The van der Waals surface area contributed by atoms with Gasteiger partial charge in [0, 0.05) is 22.2 Å². The summed E-state index contributed by atoms with van der Waals surface area (Å²) in [6, 6.07) is 15.1. The first-order valence-electron chi connectivity index (χ1n) is 7.73. The number of nitrogens with one attached hydrogen (secondary N) is 1. The summed E-state index contributed by atoms with van der Waals surface area (Å²) in [7, 11) is 0. The summed E-state index contributed by atoms with van der Waals surface area (Å²) < 4.78 is 14.1. The van der Waals surface area contributed by atoms with Crippen LogP contribution in [0, 0.1) is 17.1 Å². The second-order valence-corrected chi connectivity index (χ2v) is 6.77. The molecule has 1 aliphatic heterocycles. The molecular weight excluding hydrogens is 321 g/mol. The predicted octanol–water partition coefficient (Wildman–Crippen LogP) is 4.89. The van der Waals surface area contributed by atoms with Crippen molar-refractivity contribution in [2.24, 2.45) is 0 Å². The molecule has 0 aliphatic carbocycles. The average molecular weight is 335 g/mol. The summed E-state index contributed by atoms with van der Waals surface area (Å²) in [6.07, 6.45) is 2.47. The number of thioether (sulfide) groups is 1. The highest BCUT2D eigenvalue weighted by Gasteiger charge is 2.24. The van der Waals surface area contributed by atoms with E-state index in [1.807, 2.05) is 30.3 Å². The maximum atomic E-state index is 14.1. The van der Waals surface area contributed by atoms with Gasteiger partial charge in [0.15, 0.2) is 0 Å². The Morgan fingerprint density at radius 2 is 2.08 bits per heavy atom. The van der Waals surface area contributed by atoms with Crippen molar-refractivity contribution < 1.29 is 4.39 Å². The fraction of sp³-hybridized carbons (Fsp3) is 0.158. The molecule has 5 heteroatoms. The number of halogens is 1. The Hall–Kier alpha value is -2.58. The van der Waals surface area contributed by atoms with Crippen molar-refractivity contribution in [3.05, 3.63) is 65.6 Å². The third kappa shape index (κ3) is 2.49. The fourth-order valence-corrected chi connectivity index (χ4v) is 4.23. The van der Waals surface area contributed by atoms with Crippen LogP contribution in [0.4, 0.5) is 10.1 Å². The number of benzene rings is 2. The zero-order chi connectivity index (χ0) is 16.5. The number of hydrogen-bond acceptors (Lipinski definition) is 4. The maximum Gasteiger partial charge on any atom is 0.137 e. The predicted molar refractivity (Wildman–Crippen MR) is 94.6 cm³/mol. The molecule has 1 aromatic heterocycles. The number of rotatable bonds is 2. The zero-order valence-electron chi connectivity index (χ0n) is 12.8. The van der Waals surface area contributed by atoms with Crippen LogP contribution in [0.25, 0.3) is 10.9 Å². The zero-order valence-corrected chi connectivity index (χ0v) is 13.6. The molecule has 0 spiro atoms. The lowest BCUT2D eigenvalue weighted by Gasteiger charge is -2.27. The molecule has 1 N–H and O–H groups in total. The molecule has 1 aliphatic rings. The molecule has 0 saturated carbocycles. The maximum absolute atomic E-state index is 14.1. The molecular formula is C19H14FN3S. The molecule has 2 aromatic carbocycles. The van der Waals surface area contributed by atoms with Crippen molar-refractivity contribution >= 4 is 28.4 Å². The van der Waals surface area contributed by atoms with E-state index >= 15 is 0 Å². The Morgan fingerprint density at radius 1 is 1.21 bits per heavy atom. The van der Waals surface area contributed by atoms with Crippen LogP contribution in [0.15, 0.2) is 53.6 Å². The molecule has 3 aromatic rings. The van der Waals surface area contributed by atoms with E-state index in [1.54, 1.807) is 24.0 Å². The number of para-hydroxylation sites is 1. The van der Waals surface area contributed by atoms with Crippen LogP contribution in [0.3, 0.4) is 0 Å². The Labute approximate surface area is 143 Å². The van der Waals surface area contributed by atoms with Crippen LogP contribution in [0.5, 0.6) is 0 Å². The van der Waals surface area contributed by atoms with E-state index in [2.05, 4.69) is 16.4 Å². The van der Waals surface area contributed by atoms with Crippen molar-refractivity contribution in [2.75, 3.05) is 11.1 Å². The van der Waals surface area contributed by atoms with Gasteiger partial charge in [0.1, 0.15) is 11.9 Å². The largest absolute Gasteiger partial charge is 0.376 e. The average Bonchev–Trinajstić information content (AvgIpc) is 2.63. The van der Waals surface area contributed by atoms with E-state index in [1.165, 1.54) is 6.07 Å². The van der Waals surface area contributed by atoms with Gasteiger partial charge in [0.25, 0.3) is 0 Å². The highest BCUT2D eigenvalue weighted by Crippen LogP contribution is 2.40. The first-order valence-corrected chi connectivity index (χ1v) is 8.72. The van der Waals surface area contributed by atoms with Gasteiger partial charge >= 0.3 is 0 Å². The van der Waals surface area contributed by atoms with E-state index in [9.17, 15) is 9.65 Å². The van der Waals surface area contributed by atoms with Gasteiger partial charge in [-0.25, -0.2) is 4.39 Å². The lowest BCUT2D eigenvalue weighted by molar-refractivity contribution is 0.585. The van der Waals surface area contributed by atoms with Crippen molar-refractivity contribution in [3.63, 3.8) is 0 Å². The van der Waals surface area contributed by atoms with Gasteiger partial charge < -0.3 is 5.32 Å². The second-order valence-electron chi connectivity index (χ2n) is 5.67. The smallest absolute Gasteiger partial charge is 0.137 e. The van der Waals surface area contributed by atoms with Gasteiger partial charge in [-0.05, 0) is 24.1 Å². The Kier molecular flexibility index (Phi) is 3.83. The van der Waals surface area contributed by atoms with E-state index < -0.39 is 0 Å². The van der Waals surface area contributed by atoms with Gasteiger partial charge in [-0.1, -0.05) is 30.3 Å². The lowest BCUT2D eigenvalue weighted by atomic mass is 10.0. The molecule has 0 bridgehead atoms. The van der Waals surface area contributed by atoms with Gasteiger partial charge in [0.05, 0.1) is 22.8 Å². The van der Waals surface area contributed by atoms with Crippen molar-refractivity contribution in [2.45, 2.75) is 17.4 Å². The van der Waals surface area contributed by atoms with Crippen LogP contribution >= 0.6 is 11.8 Å². The molecule has 0 saturated heterocycles. The standard InChI is InChI=1S/C19H14FN3S/c20-15-6-3-5-14-17(8-9-24-19(14)15)23-18-12(10-21)11-22-16-7-2-1-4-13(16)18/h1-7,11,17H,8-9H2,(H,22,23). The van der Waals surface area contributed by atoms with E-state index in [4.69, 9.17) is 0 Å². The lowest BCUT2D eigenvalue weighted by Crippen LogP contribution is -2.17. The molecule has 1 atom stereocenters. The van der Waals surface area contributed by atoms with Gasteiger partial charge in [-0.15, -0.1) is 11.8 Å². The number of nitriles is 1. The Morgan fingerprint density at radius 3 is 2.96 bits per heavy atom. The summed E-state index contributed by atoms with van der Waals surface area (Å²) in [6.45, 7) is 0. The monoisotopic (exact) mass is 335 g/mol. The van der Waals surface area contributed by atoms with Crippen molar-refractivity contribution in [1.29, 1.82) is 5.26 Å². The number of hydrogen-bond donors (Lipinski definition) is 1. The number of fused-ring (bicyclic) bond motifs is 2. The fourth-order valence-electron chi connectivity index (χ4n) is 3.09. The first-order chi connectivity index (χ1) is 11.8. The van der Waals surface area contributed by atoms with Crippen LogP contribution < -0.4 is 5.32 Å². The van der Waals surface area contributed by atoms with Crippen LogP contribution in [0.2, 0.25) is 0 Å². The normalized spacial score (nSPS) is 16.4. The Balaban J connectivity index is 1.82. The number of anilines is 1. The van der Waals surface area contributed by atoms with Crippen molar-refractivity contribution in [1.82, 2.24) is 4.98 Å². The van der Waals surface area contributed by atoms with Gasteiger partial charge in [0.2, 0.25) is 0 Å². The summed E-state index contributed by atoms with van der Waals surface area (Å²) in [5, 5.41) is 13.8. The molecule has 0 fully saturated rings. The van der Waals surface area contributed by atoms with E-state index in [0.717, 1.165) is 34.3 Å². The summed E-state index contributed by atoms with van der Waals surface area (Å²) >= 11 is 1.55. The van der Waals surface area contributed by atoms with E-state index in [-0.39, 0.29) is 11.9 Å². The van der Waals surface area contributed by atoms with Crippen LogP contribution in [0.1, 0.15) is 23.6 Å². The topological polar surface area (TPSA) is 48.7 Å². The van der Waals surface area contributed by atoms with Crippen LogP contribution in [-0.2, 0) is 0 Å². The summed E-state index contributed by atoms with van der Waals surface area (Å²) in [4.78, 5) is 5.04. The molecule has 0 amide bonds. The third-order valence-corrected chi connectivity index (χ3v) is 5.40. The minimum Gasteiger partial charge on any atom is -0.376 e. The van der Waals surface area contributed by atoms with E-state index in [0.29, 0.717) is 10.5 Å². The second kappa shape index (κ2) is 6.14. The quantitative estimate of drug-likeness (QED) is 0.724. The first kappa shape index (κ1) is 15.0. The number of aromatic nitrogens is 1. The summed E-state index contributed by atoms with van der Waals surface area (Å²) in [5.41, 5.74) is 3.07. The minimum atomic E-state index is -0.177. The molecule has 3 nitrogen and oxygen atoms in total. The SMILES string of the molecule is N#Cc1cnc2ccccc2c1NC1CCSc2c(F)cccc21. The highest BCUT2D eigenvalue weighted by molar-refractivity contribution is 7.99. The number of pyridine rings is 1. The molecule has 4 rings (SSSR count). The van der Waals surface area contributed by atoms with Gasteiger partial charge in [-0.3, -0.25) is 4.98 Å². The molecule has 2 heterocycles.